The molecule has 1 amide bonds. The van der Waals surface area contributed by atoms with Gasteiger partial charge in [0.15, 0.2) is 0 Å². The number of aromatic nitrogens is 1. The molecule has 3 rings (SSSR count). The highest BCUT2D eigenvalue weighted by Crippen LogP contribution is 2.37. The molecule has 2 N–H and O–H groups in total. The lowest BCUT2D eigenvalue weighted by atomic mass is 10.1. The van der Waals surface area contributed by atoms with Gasteiger partial charge in [0.05, 0.1) is 12.1 Å². The van der Waals surface area contributed by atoms with E-state index in [1.54, 1.807) is 11.0 Å². The van der Waals surface area contributed by atoms with E-state index in [0.29, 0.717) is 19.5 Å². The molecule has 1 aromatic carbocycles. The van der Waals surface area contributed by atoms with Crippen LogP contribution in [0.1, 0.15) is 35.7 Å². The molecule has 1 saturated heterocycles. The van der Waals surface area contributed by atoms with Gasteiger partial charge in [-0.2, -0.15) is 18.4 Å². The van der Waals surface area contributed by atoms with Crippen LogP contribution in [0.25, 0.3) is 0 Å². The summed E-state index contributed by atoms with van der Waals surface area (Å²) in [5.74, 6) is 2.51. The Morgan fingerprint density at radius 3 is 2.55 bits per heavy atom. The van der Waals surface area contributed by atoms with Crippen molar-refractivity contribution in [2.24, 2.45) is 5.73 Å². The first-order valence-corrected chi connectivity index (χ1v) is 10.3. The quantitative estimate of drug-likeness (QED) is 0.558. The number of hydrogen-bond acceptors (Lipinski definition) is 5. The van der Waals surface area contributed by atoms with E-state index in [1.165, 1.54) is 11.8 Å². The number of hydrogen-bond donors (Lipinski definition) is 1. The zero-order valence-electron chi connectivity index (χ0n) is 18.7. The van der Waals surface area contributed by atoms with Crippen molar-refractivity contribution in [1.29, 1.82) is 5.26 Å². The highest BCUT2D eigenvalue weighted by molar-refractivity contribution is 5.75. The van der Waals surface area contributed by atoms with E-state index in [0.717, 1.165) is 23.7 Å². The molecule has 0 radical (unpaired) electrons. The van der Waals surface area contributed by atoms with Gasteiger partial charge < -0.3 is 15.5 Å². The average Bonchev–Trinajstić information content (AvgIpc) is 3.09. The van der Waals surface area contributed by atoms with Crippen LogP contribution >= 0.6 is 0 Å². The van der Waals surface area contributed by atoms with Gasteiger partial charge in [0.1, 0.15) is 17.5 Å². The molecule has 0 spiro atoms. The Morgan fingerprint density at radius 1 is 1.36 bits per heavy atom. The Hall–Kier alpha value is -3.56. The van der Waals surface area contributed by atoms with E-state index >= 15 is 0 Å². The lowest BCUT2D eigenvalue weighted by Gasteiger charge is -2.26. The van der Waals surface area contributed by atoms with Gasteiger partial charge in [0, 0.05) is 30.0 Å². The van der Waals surface area contributed by atoms with Crippen LogP contribution in [0.4, 0.5) is 24.7 Å². The number of pyridine rings is 1. The van der Waals surface area contributed by atoms with E-state index in [9.17, 15) is 18.0 Å². The van der Waals surface area contributed by atoms with Crippen molar-refractivity contribution < 1.29 is 18.0 Å². The normalized spacial score (nSPS) is 17.4. The van der Waals surface area contributed by atoms with E-state index in [-0.39, 0.29) is 23.6 Å². The lowest BCUT2D eigenvalue weighted by Crippen LogP contribution is -2.38. The summed E-state index contributed by atoms with van der Waals surface area (Å²) in [6, 6.07) is 9.94. The summed E-state index contributed by atoms with van der Waals surface area (Å²) in [4.78, 5) is 17.9. The third kappa shape index (κ3) is 6.24. The summed E-state index contributed by atoms with van der Waals surface area (Å²) in [6.45, 7) is 6.11. The molecule has 0 bridgehead atoms. The van der Waals surface area contributed by atoms with Gasteiger partial charge in [-0.1, -0.05) is 18.1 Å². The molecule has 33 heavy (non-hydrogen) atoms. The van der Waals surface area contributed by atoms with Crippen LogP contribution in [0.3, 0.4) is 0 Å². The standard InChI is InChI=1S/C13H15F3N4.C11H11NO/c1-7-5-10(13(14,15)16)9(6-17)12(19-7)20-4-3-11(18)8(20)2;1-3-7-12(9-13)11-6-4-5-10(2)8-11/h5,8,11H,3-4,18H2,1-2H3;1,4-6,8-9H,7H2,2H3. The molecular weight excluding hydrogens is 431 g/mol. The fourth-order valence-corrected chi connectivity index (χ4v) is 3.56. The Kier molecular flexibility index (Phi) is 8.44. The molecule has 2 aromatic rings. The number of nitrogens with zero attached hydrogens (tertiary/aromatic N) is 4. The van der Waals surface area contributed by atoms with Crippen LogP contribution in [0.2, 0.25) is 0 Å². The third-order valence-corrected chi connectivity index (χ3v) is 5.35. The zero-order chi connectivity index (χ0) is 24.8. The molecule has 1 fully saturated rings. The van der Waals surface area contributed by atoms with E-state index < -0.39 is 17.3 Å². The fourth-order valence-electron chi connectivity index (χ4n) is 3.56. The van der Waals surface area contributed by atoms with Crippen molar-refractivity contribution in [2.75, 3.05) is 22.9 Å². The summed E-state index contributed by atoms with van der Waals surface area (Å²) in [7, 11) is 0. The van der Waals surface area contributed by atoms with Crippen LogP contribution in [-0.2, 0) is 11.0 Å². The predicted octanol–water partition coefficient (Wildman–Crippen LogP) is 3.80. The van der Waals surface area contributed by atoms with Crippen LogP contribution < -0.4 is 15.5 Å². The summed E-state index contributed by atoms with van der Waals surface area (Å²) >= 11 is 0. The van der Waals surface area contributed by atoms with E-state index in [1.807, 2.05) is 38.1 Å². The number of terminal acetylenes is 1. The molecule has 0 aliphatic carbocycles. The zero-order valence-corrected chi connectivity index (χ0v) is 18.7. The maximum atomic E-state index is 13.0. The number of aryl methyl sites for hydroxylation is 2. The van der Waals surface area contributed by atoms with Gasteiger partial charge in [-0.15, -0.1) is 6.42 Å². The molecule has 6 nitrogen and oxygen atoms in total. The van der Waals surface area contributed by atoms with Crippen LogP contribution in [0.5, 0.6) is 0 Å². The van der Waals surface area contributed by atoms with Crippen LogP contribution in [0.15, 0.2) is 30.3 Å². The number of rotatable bonds is 4. The van der Waals surface area contributed by atoms with Crippen LogP contribution in [-0.4, -0.2) is 36.6 Å². The minimum atomic E-state index is -4.57. The number of carbonyl (C=O) groups excluding carboxylic acids is 1. The predicted molar refractivity (Wildman–Crippen MR) is 122 cm³/mol. The first kappa shape index (κ1) is 25.7. The number of alkyl halides is 3. The number of carbonyl (C=O) groups is 1. The number of halogens is 3. The smallest absolute Gasteiger partial charge is 0.351 e. The molecule has 1 aliphatic heterocycles. The van der Waals surface area contributed by atoms with Crippen molar-refractivity contribution in [3.8, 4) is 18.4 Å². The second kappa shape index (κ2) is 10.8. The minimum Gasteiger partial charge on any atom is -0.351 e. The fraction of sp³-hybridized carbons (Fsp3) is 0.375. The molecule has 2 atom stereocenters. The number of nitriles is 1. The Balaban J connectivity index is 0.000000257. The second-order valence-electron chi connectivity index (χ2n) is 7.78. The summed E-state index contributed by atoms with van der Waals surface area (Å²) in [6.07, 6.45) is 1.97. The topological polar surface area (TPSA) is 86.2 Å². The maximum absolute atomic E-state index is 13.0. The summed E-state index contributed by atoms with van der Waals surface area (Å²) in [5.41, 5.74) is 6.71. The van der Waals surface area contributed by atoms with Gasteiger partial charge in [0.25, 0.3) is 0 Å². The van der Waals surface area contributed by atoms with Crippen molar-refractivity contribution in [1.82, 2.24) is 4.98 Å². The lowest BCUT2D eigenvalue weighted by molar-refractivity contribution is -0.137. The molecule has 2 heterocycles. The summed E-state index contributed by atoms with van der Waals surface area (Å²) in [5, 5.41) is 9.12. The minimum absolute atomic E-state index is 0.0836. The number of amides is 1. The SMILES string of the molecule is C#CCN(C=O)c1cccc(C)c1.Cc1cc(C(F)(F)F)c(C#N)c(N2CCC(N)C2C)n1. The van der Waals surface area contributed by atoms with Crippen molar-refractivity contribution in [3.05, 3.63) is 52.7 Å². The van der Waals surface area contributed by atoms with Gasteiger partial charge in [-0.3, -0.25) is 4.79 Å². The molecule has 2 unspecified atom stereocenters. The van der Waals surface area contributed by atoms with Gasteiger partial charge >= 0.3 is 6.18 Å². The number of anilines is 2. The highest BCUT2D eigenvalue weighted by atomic mass is 19.4. The molecule has 1 aliphatic rings. The number of nitrogens with two attached hydrogens (primary N) is 1. The van der Waals surface area contributed by atoms with Crippen molar-refractivity contribution >= 4 is 17.9 Å². The van der Waals surface area contributed by atoms with Gasteiger partial charge in [-0.25, -0.2) is 4.98 Å². The Bertz CT molecular complexity index is 1070. The number of benzene rings is 1. The van der Waals surface area contributed by atoms with Crippen LogP contribution in [0, 0.1) is 37.5 Å². The molecule has 9 heteroatoms. The molecule has 1 aromatic heterocycles. The van der Waals surface area contributed by atoms with Gasteiger partial charge in [0.2, 0.25) is 6.41 Å². The monoisotopic (exact) mass is 457 g/mol. The first-order valence-electron chi connectivity index (χ1n) is 10.3. The first-order chi connectivity index (χ1) is 15.5. The molecule has 174 valence electrons. The highest BCUT2D eigenvalue weighted by Gasteiger charge is 2.38. The Labute approximate surface area is 191 Å². The average molecular weight is 458 g/mol. The van der Waals surface area contributed by atoms with Crippen molar-refractivity contribution in [2.45, 2.75) is 45.5 Å². The third-order valence-electron chi connectivity index (χ3n) is 5.35. The largest absolute Gasteiger partial charge is 0.417 e. The molecular formula is C24H26F3N5O. The van der Waals surface area contributed by atoms with E-state index in [4.69, 9.17) is 17.4 Å². The molecule has 0 saturated carbocycles. The Morgan fingerprint density at radius 2 is 2.06 bits per heavy atom. The summed E-state index contributed by atoms with van der Waals surface area (Å²) < 4.78 is 39.1. The van der Waals surface area contributed by atoms with Gasteiger partial charge in [-0.05, 0) is 51.0 Å². The maximum Gasteiger partial charge on any atom is 0.417 e. The van der Waals surface area contributed by atoms with E-state index in [2.05, 4.69) is 10.9 Å². The van der Waals surface area contributed by atoms with Crippen molar-refractivity contribution in [3.63, 3.8) is 0 Å². The second-order valence-corrected chi connectivity index (χ2v) is 7.78.